The number of hydrogen-bond acceptors (Lipinski definition) is 3. The van der Waals surface area contributed by atoms with Gasteiger partial charge in [-0.2, -0.15) is 0 Å². The van der Waals surface area contributed by atoms with E-state index < -0.39 is 0 Å². The highest BCUT2D eigenvalue weighted by Gasteiger charge is 2.25. The third-order valence-electron chi connectivity index (χ3n) is 5.17. The summed E-state index contributed by atoms with van der Waals surface area (Å²) in [5.74, 6) is 0.112. The number of fused-ring (bicyclic) bond motifs is 1. The van der Waals surface area contributed by atoms with Crippen molar-refractivity contribution in [2.24, 2.45) is 7.05 Å². The Bertz CT molecular complexity index is 972. The van der Waals surface area contributed by atoms with Gasteiger partial charge >= 0.3 is 0 Å². The molecule has 0 radical (unpaired) electrons. The number of hydrogen-bond donors (Lipinski definition) is 0. The van der Waals surface area contributed by atoms with Gasteiger partial charge < -0.3 is 14.4 Å². The molecule has 4 rings (SSSR count). The summed E-state index contributed by atoms with van der Waals surface area (Å²) in [6.07, 6.45) is 5.67. The second-order valence-corrected chi connectivity index (χ2v) is 6.87. The zero-order valence-corrected chi connectivity index (χ0v) is 15.3. The number of piperazine rings is 1. The minimum atomic E-state index is -0.00134. The van der Waals surface area contributed by atoms with Crippen molar-refractivity contribution in [2.75, 3.05) is 26.2 Å². The third-order valence-corrected chi connectivity index (χ3v) is 5.17. The van der Waals surface area contributed by atoms with Crippen molar-refractivity contribution in [2.45, 2.75) is 6.42 Å². The lowest BCUT2D eigenvalue weighted by molar-refractivity contribution is -0.131. The van der Waals surface area contributed by atoms with Crippen LogP contribution in [0.5, 0.6) is 0 Å². The SMILES string of the molecule is Cn1cc(CC(=O)N2CCN(C(=O)c3ccncc3)CC2)c2ccccc21. The van der Waals surface area contributed by atoms with Crippen LogP contribution in [0.1, 0.15) is 15.9 Å². The van der Waals surface area contributed by atoms with Gasteiger partial charge in [-0.25, -0.2) is 0 Å². The van der Waals surface area contributed by atoms with Crippen LogP contribution < -0.4 is 0 Å². The minimum Gasteiger partial charge on any atom is -0.350 e. The van der Waals surface area contributed by atoms with Crippen LogP contribution in [0.3, 0.4) is 0 Å². The summed E-state index contributed by atoms with van der Waals surface area (Å²) in [4.78, 5) is 32.9. The van der Waals surface area contributed by atoms with Crippen molar-refractivity contribution in [3.05, 3.63) is 66.1 Å². The van der Waals surface area contributed by atoms with Crippen molar-refractivity contribution in [3.8, 4) is 0 Å². The van der Waals surface area contributed by atoms with Crippen molar-refractivity contribution in [1.82, 2.24) is 19.4 Å². The van der Waals surface area contributed by atoms with E-state index in [9.17, 15) is 9.59 Å². The first-order valence-electron chi connectivity index (χ1n) is 9.13. The van der Waals surface area contributed by atoms with Gasteiger partial charge in [-0.05, 0) is 23.8 Å². The molecule has 3 heterocycles. The van der Waals surface area contributed by atoms with Crippen molar-refractivity contribution >= 4 is 22.7 Å². The summed E-state index contributed by atoms with van der Waals surface area (Å²) in [5.41, 5.74) is 2.82. The molecule has 6 nitrogen and oxygen atoms in total. The molecule has 0 N–H and O–H groups in total. The molecular weight excluding hydrogens is 340 g/mol. The molecule has 6 heteroatoms. The summed E-state index contributed by atoms with van der Waals surface area (Å²) < 4.78 is 2.06. The van der Waals surface area contributed by atoms with Crippen LogP contribution in [-0.4, -0.2) is 57.3 Å². The molecule has 2 amide bonds. The van der Waals surface area contributed by atoms with E-state index in [0.29, 0.717) is 38.2 Å². The molecule has 0 saturated carbocycles. The van der Waals surface area contributed by atoms with E-state index in [-0.39, 0.29) is 11.8 Å². The minimum absolute atomic E-state index is 0.00134. The average molecular weight is 362 g/mol. The number of benzene rings is 1. The lowest BCUT2D eigenvalue weighted by Crippen LogP contribution is -2.51. The predicted octanol–water partition coefficient (Wildman–Crippen LogP) is 2.10. The van der Waals surface area contributed by atoms with Gasteiger partial charge in [0.05, 0.1) is 6.42 Å². The number of rotatable bonds is 3. The molecule has 1 saturated heterocycles. The number of carbonyl (C=O) groups is 2. The van der Waals surface area contributed by atoms with Gasteiger partial charge in [-0.3, -0.25) is 14.6 Å². The maximum absolute atomic E-state index is 12.8. The first kappa shape index (κ1) is 17.3. The smallest absolute Gasteiger partial charge is 0.254 e. The molecular formula is C21H22N4O2. The van der Waals surface area contributed by atoms with Crippen LogP contribution in [0.2, 0.25) is 0 Å². The third kappa shape index (κ3) is 3.43. The van der Waals surface area contributed by atoms with E-state index in [1.807, 2.05) is 30.3 Å². The van der Waals surface area contributed by atoms with E-state index in [0.717, 1.165) is 16.5 Å². The van der Waals surface area contributed by atoms with Gasteiger partial charge in [-0.15, -0.1) is 0 Å². The number of carbonyl (C=O) groups excluding carboxylic acids is 2. The number of aryl methyl sites for hydroxylation is 1. The molecule has 3 aromatic rings. The molecule has 1 aliphatic heterocycles. The van der Waals surface area contributed by atoms with Crippen LogP contribution in [0.25, 0.3) is 10.9 Å². The number of amides is 2. The van der Waals surface area contributed by atoms with Crippen molar-refractivity contribution in [1.29, 1.82) is 0 Å². The molecule has 1 fully saturated rings. The van der Waals surface area contributed by atoms with Crippen molar-refractivity contribution in [3.63, 3.8) is 0 Å². The Labute approximate surface area is 158 Å². The Morgan fingerprint density at radius 3 is 2.37 bits per heavy atom. The van der Waals surface area contributed by atoms with Gasteiger partial charge in [-0.1, -0.05) is 18.2 Å². The highest BCUT2D eigenvalue weighted by molar-refractivity contribution is 5.94. The molecule has 0 bridgehead atoms. The zero-order chi connectivity index (χ0) is 18.8. The first-order chi connectivity index (χ1) is 13.1. The van der Waals surface area contributed by atoms with Gasteiger partial charge in [0.2, 0.25) is 5.91 Å². The van der Waals surface area contributed by atoms with Gasteiger partial charge in [0.15, 0.2) is 0 Å². The van der Waals surface area contributed by atoms with E-state index >= 15 is 0 Å². The molecule has 0 aliphatic carbocycles. The molecule has 27 heavy (non-hydrogen) atoms. The standard InChI is InChI=1S/C21H22N4O2/c1-23-15-17(18-4-2-3-5-19(18)23)14-20(26)24-10-12-25(13-11-24)21(27)16-6-8-22-9-7-16/h2-9,15H,10-14H2,1H3. The second kappa shape index (κ2) is 7.23. The lowest BCUT2D eigenvalue weighted by Gasteiger charge is -2.34. The van der Waals surface area contributed by atoms with Crippen molar-refractivity contribution < 1.29 is 9.59 Å². The number of para-hydroxylation sites is 1. The van der Waals surface area contributed by atoms with Gasteiger partial charge in [0, 0.05) is 68.3 Å². The van der Waals surface area contributed by atoms with Gasteiger partial charge in [0.1, 0.15) is 0 Å². The second-order valence-electron chi connectivity index (χ2n) is 6.87. The molecule has 0 spiro atoms. The van der Waals surface area contributed by atoms with Gasteiger partial charge in [0.25, 0.3) is 5.91 Å². The first-order valence-corrected chi connectivity index (χ1v) is 9.13. The van der Waals surface area contributed by atoms with Crippen LogP contribution in [-0.2, 0) is 18.3 Å². The number of pyridine rings is 1. The predicted molar refractivity (Wildman–Crippen MR) is 103 cm³/mol. The average Bonchev–Trinajstić information content (AvgIpc) is 3.04. The number of aromatic nitrogens is 2. The van der Waals surface area contributed by atoms with Crippen LogP contribution in [0, 0.1) is 0 Å². The largest absolute Gasteiger partial charge is 0.350 e. The molecule has 138 valence electrons. The fourth-order valence-corrected chi connectivity index (χ4v) is 3.68. The van der Waals surface area contributed by atoms with Crippen LogP contribution in [0.15, 0.2) is 55.0 Å². The summed E-state index contributed by atoms with van der Waals surface area (Å²) >= 11 is 0. The van der Waals surface area contributed by atoms with E-state index in [4.69, 9.17) is 0 Å². The molecule has 2 aromatic heterocycles. The lowest BCUT2D eigenvalue weighted by atomic mass is 10.1. The fourth-order valence-electron chi connectivity index (χ4n) is 3.68. The quantitative estimate of drug-likeness (QED) is 0.717. The summed E-state index contributed by atoms with van der Waals surface area (Å²) in [7, 11) is 2.00. The summed E-state index contributed by atoms with van der Waals surface area (Å²) in [5, 5.41) is 1.12. The highest BCUT2D eigenvalue weighted by atomic mass is 16.2. The molecule has 1 aromatic carbocycles. The molecule has 0 unspecified atom stereocenters. The Morgan fingerprint density at radius 1 is 0.963 bits per heavy atom. The van der Waals surface area contributed by atoms with Crippen LogP contribution >= 0.6 is 0 Å². The highest BCUT2D eigenvalue weighted by Crippen LogP contribution is 2.21. The zero-order valence-electron chi connectivity index (χ0n) is 15.3. The van der Waals surface area contributed by atoms with Crippen LogP contribution in [0.4, 0.5) is 0 Å². The Kier molecular flexibility index (Phi) is 4.62. The number of nitrogens with zero attached hydrogens (tertiary/aromatic N) is 4. The molecule has 0 atom stereocenters. The van der Waals surface area contributed by atoms with E-state index in [1.165, 1.54) is 0 Å². The maximum atomic E-state index is 12.8. The molecule has 1 aliphatic rings. The Morgan fingerprint density at radius 2 is 1.63 bits per heavy atom. The fraction of sp³-hybridized carbons (Fsp3) is 0.286. The summed E-state index contributed by atoms with van der Waals surface area (Å²) in [6, 6.07) is 11.6. The monoisotopic (exact) mass is 362 g/mol. The Hall–Kier alpha value is -3.15. The van der Waals surface area contributed by atoms with E-state index in [1.54, 1.807) is 29.4 Å². The summed E-state index contributed by atoms with van der Waals surface area (Å²) in [6.45, 7) is 2.26. The van der Waals surface area contributed by atoms with E-state index in [2.05, 4.69) is 21.7 Å². The normalized spacial score (nSPS) is 14.6. The maximum Gasteiger partial charge on any atom is 0.254 e. The topological polar surface area (TPSA) is 58.4 Å². The Balaban J connectivity index is 1.39.